The van der Waals surface area contributed by atoms with E-state index in [1.54, 1.807) is 0 Å². The number of hydrogen-bond donors (Lipinski definition) is 2. The quantitative estimate of drug-likeness (QED) is 0.821. The van der Waals surface area contributed by atoms with Crippen molar-refractivity contribution in [3.8, 4) is 0 Å². The molecule has 1 atom stereocenters. The lowest BCUT2D eigenvalue weighted by Crippen LogP contribution is -2.15. The van der Waals surface area contributed by atoms with Crippen molar-refractivity contribution in [1.29, 1.82) is 0 Å². The Hall–Kier alpha value is -0.710. The van der Waals surface area contributed by atoms with Gasteiger partial charge in [-0.1, -0.05) is 6.07 Å². The van der Waals surface area contributed by atoms with Crippen LogP contribution in [0.2, 0.25) is 0 Å². The standard InChI is InChI=1S/C9H11F2NO.ClH/c10-6-2-1-3-7(11)9(6)8(12)4-5-13;/h1-3,8,13H,4-5,12H2;1H/t8-;/m1./s1. The van der Waals surface area contributed by atoms with Crippen LogP contribution in [0.5, 0.6) is 0 Å². The minimum absolute atomic E-state index is 0. The fourth-order valence-corrected chi connectivity index (χ4v) is 1.15. The first-order chi connectivity index (χ1) is 6.16. The molecule has 0 saturated heterocycles. The molecule has 0 amide bonds. The van der Waals surface area contributed by atoms with Gasteiger partial charge < -0.3 is 10.8 Å². The second-order valence-electron chi connectivity index (χ2n) is 2.75. The van der Waals surface area contributed by atoms with E-state index in [9.17, 15) is 8.78 Å². The third kappa shape index (κ3) is 2.90. The van der Waals surface area contributed by atoms with E-state index in [0.717, 1.165) is 12.1 Å². The topological polar surface area (TPSA) is 46.2 Å². The van der Waals surface area contributed by atoms with Crippen molar-refractivity contribution >= 4 is 12.4 Å². The molecule has 0 heterocycles. The predicted molar refractivity (Wildman–Crippen MR) is 52.2 cm³/mol. The molecule has 0 aliphatic rings. The zero-order valence-corrected chi connectivity index (χ0v) is 8.23. The van der Waals surface area contributed by atoms with Crippen LogP contribution in [-0.4, -0.2) is 11.7 Å². The Bertz CT molecular complexity index is 276. The summed E-state index contributed by atoms with van der Waals surface area (Å²) in [6.45, 7) is -0.186. The highest BCUT2D eigenvalue weighted by atomic mass is 35.5. The molecule has 80 valence electrons. The fraction of sp³-hybridized carbons (Fsp3) is 0.333. The van der Waals surface area contributed by atoms with Gasteiger partial charge in [0.2, 0.25) is 0 Å². The van der Waals surface area contributed by atoms with Crippen LogP contribution in [0.4, 0.5) is 8.78 Å². The molecule has 0 fully saturated rings. The van der Waals surface area contributed by atoms with Crippen LogP contribution in [0.25, 0.3) is 0 Å². The van der Waals surface area contributed by atoms with Crippen molar-refractivity contribution in [3.05, 3.63) is 35.4 Å². The fourth-order valence-electron chi connectivity index (χ4n) is 1.15. The van der Waals surface area contributed by atoms with E-state index < -0.39 is 17.7 Å². The smallest absolute Gasteiger partial charge is 0.130 e. The van der Waals surface area contributed by atoms with Crippen molar-refractivity contribution in [1.82, 2.24) is 0 Å². The summed E-state index contributed by atoms with van der Waals surface area (Å²) in [5, 5.41) is 8.55. The molecule has 14 heavy (non-hydrogen) atoms. The molecule has 5 heteroatoms. The zero-order valence-electron chi connectivity index (χ0n) is 7.41. The summed E-state index contributed by atoms with van der Waals surface area (Å²) in [6.07, 6.45) is 0.151. The molecule has 0 aromatic heterocycles. The first kappa shape index (κ1) is 13.3. The molecule has 0 aliphatic carbocycles. The van der Waals surface area contributed by atoms with Gasteiger partial charge in [0.05, 0.1) is 0 Å². The number of nitrogens with two attached hydrogens (primary N) is 1. The number of benzene rings is 1. The highest BCUT2D eigenvalue weighted by molar-refractivity contribution is 5.85. The van der Waals surface area contributed by atoms with Gasteiger partial charge in [0, 0.05) is 18.2 Å². The summed E-state index contributed by atoms with van der Waals surface area (Å²) < 4.78 is 26.0. The maximum Gasteiger partial charge on any atom is 0.130 e. The SMILES string of the molecule is Cl.N[C@H](CCO)c1c(F)cccc1F. The summed E-state index contributed by atoms with van der Waals surface area (Å²) in [5.74, 6) is -1.33. The Labute approximate surface area is 87.1 Å². The lowest BCUT2D eigenvalue weighted by Gasteiger charge is -2.11. The second kappa shape index (κ2) is 5.90. The number of aliphatic hydroxyl groups is 1. The van der Waals surface area contributed by atoms with Crippen LogP contribution in [0.1, 0.15) is 18.0 Å². The monoisotopic (exact) mass is 223 g/mol. The molecular weight excluding hydrogens is 212 g/mol. The van der Waals surface area contributed by atoms with Crippen molar-refractivity contribution in [3.63, 3.8) is 0 Å². The molecule has 0 aliphatic heterocycles. The van der Waals surface area contributed by atoms with E-state index in [0.29, 0.717) is 0 Å². The summed E-state index contributed by atoms with van der Waals surface area (Å²) in [5.41, 5.74) is 5.31. The van der Waals surface area contributed by atoms with Gasteiger partial charge in [0.25, 0.3) is 0 Å². The minimum Gasteiger partial charge on any atom is -0.396 e. The largest absolute Gasteiger partial charge is 0.396 e. The van der Waals surface area contributed by atoms with Crippen LogP contribution in [0, 0.1) is 11.6 Å². The maximum absolute atomic E-state index is 13.0. The van der Waals surface area contributed by atoms with Gasteiger partial charge in [-0.25, -0.2) is 8.78 Å². The summed E-state index contributed by atoms with van der Waals surface area (Å²) in [6, 6.07) is 2.79. The Balaban J connectivity index is 0.00000169. The Kier molecular flexibility index (Phi) is 5.60. The average Bonchev–Trinajstić information content (AvgIpc) is 2.04. The molecule has 0 saturated carbocycles. The van der Waals surface area contributed by atoms with Crippen molar-refractivity contribution in [2.75, 3.05) is 6.61 Å². The number of hydrogen-bond acceptors (Lipinski definition) is 2. The van der Waals surface area contributed by atoms with E-state index in [4.69, 9.17) is 10.8 Å². The van der Waals surface area contributed by atoms with Gasteiger partial charge in [0.1, 0.15) is 11.6 Å². The van der Waals surface area contributed by atoms with Gasteiger partial charge >= 0.3 is 0 Å². The third-order valence-electron chi connectivity index (χ3n) is 1.81. The number of aliphatic hydroxyl groups excluding tert-OH is 1. The molecule has 1 aromatic rings. The van der Waals surface area contributed by atoms with Crippen molar-refractivity contribution in [2.24, 2.45) is 5.73 Å². The van der Waals surface area contributed by atoms with E-state index in [-0.39, 0.29) is 31.0 Å². The van der Waals surface area contributed by atoms with Crippen LogP contribution in [0.3, 0.4) is 0 Å². The number of halogens is 3. The molecule has 3 N–H and O–H groups in total. The molecule has 2 nitrogen and oxygen atoms in total. The molecule has 0 bridgehead atoms. The van der Waals surface area contributed by atoms with E-state index in [1.807, 2.05) is 0 Å². The second-order valence-corrected chi connectivity index (χ2v) is 2.75. The molecule has 0 spiro atoms. The van der Waals surface area contributed by atoms with Gasteiger partial charge in [-0.15, -0.1) is 12.4 Å². The average molecular weight is 224 g/mol. The Morgan fingerprint density at radius 2 is 1.79 bits per heavy atom. The molecular formula is C9H12ClF2NO. The van der Waals surface area contributed by atoms with E-state index >= 15 is 0 Å². The number of rotatable bonds is 3. The normalized spacial score (nSPS) is 12.0. The lowest BCUT2D eigenvalue weighted by molar-refractivity contribution is 0.274. The third-order valence-corrected chi connectivity index (χ3v) is 1.81. The Morgan fingerprint density at radius 3 is 2.21 bits per heavy atom. The van der Waals surface area contributed by atoms with Crippen LogP contribution in [0.15, 0.2) is 18.2 Å². The van der Waals surface area contributed by atoms with Crippen LogP contribution >= 0.6 is 12.4 Å². The van der Waals surface area contributed by atoms with Gasteiger partial charge in [-0.3, -0.25) is 0 Å². The summed E-state index contributed by atoms with van der Waals surface area (Å²) in [7, 11) is 0. The first-order valence-corrected chi connectivity index (χ1v) is 3.97. The predicted octanol–water partition coefficient (Wildman–Crippen LogP) is 1.77. The van der Waals surface area contributed by atoms with Gasteiger partial charge in [-0.2, -0.15) is 0 Å². The molecule has 1 rings (SSSR count). The van der Waals surface area contributed by atoms with Gasteiger partial charge in [-0.05, 0) is 18.6 Å². The zero-order chi connectivity index (χ0) is 9.84. The maximum atomic E-state index is 13.0. The molecule has 0 unspecified atom stereocenters. The van der Waals surface area contributed by atoms with Crippen molar-refractivity contribution in [2.45, 2.75) is 12.5 Å². The lowest BCUT2D eigenvalue weighted by atomic mass is 10.0. The Morgan fingerprint density at radius 1 is 1.29 bits per heavy atom. The highest BCUT2D eigenvalue weighted by Gasteiger charge is 2.15. The minimum atomic E-state index is -0.786. The molecule has 1 aromatic carbocycles. The van der Waals surface area contributed by atoms with E-state index in [1.165, 1.54) is 6.07 Å². The van der Waals surface area contributed by atoms with Crippen LogP contribution in [-0.2, 0) is 0 Å². The summed E-state index contributed by atoms with van der Waals surface area (Å²) >= 11 is 0. The van der Waals surface area contributed by atoms with Crippen LogP contribution < -0.4 is 5.73 Å². The van der Waals surface area contributed by atoms with Gasteiger partial charge in [0.15, 0.2) is 0 Å². The van der Waals surface area contributed by atoms with E-state index in [2.05, 4.69) is 0 Å². The highest BCUT2D eigenvalue weighted by Crippen LogP contribution is 2.20. The first-order valence-electron chi connectivity index (χ1n) is 3.97. The van der Waals surface area contributed by atoms with Crippen molar-refractivity contribution < 1.29 is 13.9 Å². The summed E-state index contributed by atoms with van der Waals surface area (Å²) in [4.78, 5) is 0. The molecule has 0 radical (unpaired) electrons.